The van der Waals surface area contributed by atoms with E-state index in [4.69, 9.17) is 11.6 Å². The molecule has 2 heterocycles. The van der Waals surface area contributed by atoms with Gasteiger partial charge in [-0.25, -0.2) is 14.4 Å². The zero-order valence-corrected chi connectivity index (χ0v) is 18.7. The van der Waals surface area contributed by atoms with E-state index in [1.54, 1.807) is 24.4 Å². The molecule has 0 aliphatic carbocycles. The lowest BCUT2D eigenvalue weighted by Gasteiger charge is -2.01. The number of anilines is 1. The van der Waals surface area contributed by atoms with Crippen LogP contribution in [0.25, 0.3) is 11.3 Å². The molecule has 0 saturated heterocycles. The number of aromatic nitrogens is 2. The maximum Gasteiger partial charge on any atom is 0.236 e. The van der Waals surface area contributed by atoms with Gasteiger partial charge < -0.3 is 5.32 Å². The van der Waals surface area contributed by atoms with Gasteiger partial charge in [-0.1, -0.05) is 53.7 Å². The van der Waals surface area contributed by atoms with Crippen molar-refractivity contribution >= 4 is 57.1 Å². The van der Waals surface area contributed by atoms with Crippen LogP contribution in [0.5, 0.6) is 0 Å². The van der Waals surface area contributed by atoms with Crippen molar-refractivity contribution in [2.45, 2.75) is 10.8 Å². The molecule has 9 heteroatoms. The van der Waals surface area contributed by atoms with Gasteiger partial charge in [-0.3, -0.25) is 4.79 Å². The number of nitrogens with zero attached hydrogens (tertiary/aromatic N) is 2. The SMILES string of the molecule is O=C(CSc1nc(-c2ccc(Cl)cc2)cs1)Nc1ncc(Cc2ccccc2F)s1. The maximum atomic E-state index is 13.8. The Morgan fingerprint density at radius 2 is 1.97 bits per heavy atom. The minimum atomic E-state index is -0.241. The van der Waals surface area contributed by atoms with E-state index < -0.39 is 0 Å². The third kappa shape index (κ3) is 5.46. The van der Waals surface area contributed by atoms with E-state index in [2.05, 4.69) is 15.3 Å². The molecule has 0 aliphatic rings. The summed E-state index contributed by atoms with van der Waals surface area (Å²) in [4.78, 5) is 21.9. The van der Waals surface area contributed by atoms with Crippen LogP contribution < -0.4 is 5.32 Å². The Hall–Kier alpha value is -2.26. The molecule has 0 aliphatic heterocycles. The molecular formula is C21H15ClFN3OS3. The van der Waals surface area contributed by atoms with Crippen LogP contribution in [-0.4, -0.2) is 21.6 Å². The number of hydrogen-bond acceptors (Lipinski definition) is 6. The van der Waals surface area contributed by atoms with Gasteiger partial charge in [0.15, 0.2) is 9.47 Å². The molecule has 0 radical (unpaired) electrons. The Bertz CT molecular complexity index is 1160. The van der Waals surface area contributed by atoms with Crippen molar-refractivity contribution in [2.75, 3.05) is 11.1 Å². The molecule has 2 aromatic carbocycles. The number of nitrogens with one attached hydrogen (secondary N) is 1. The van der Waals surface area contributed by atoms with Gasteiger partial charge in [0.05, 0.1) is 11.4 Å². The Balaban J connectivity index is 1.30. The fourth-order valence-electron chi connectivity index (χ4n) is 2.64. The molecule has 30 heavy (non-hydrogen) atoms. The molecule has 1 N–H and O–H groups in total. The Labute approximate surface area is 190 Å². The molecule has 2 aromatic heterocycles. The summed E-state index contributed by atoms with van der Waals surface area (Å²) in [5.74, 6) is -0.167. The van der Waals surface area contributed by atoms with Gasteiger partial charge in [-0.15, -0.1) is 22.7 Å². The van der Waals surface area contributed by atoms with E-state index >= 15 is 0 Å². The normalized spacial score (nSPS) is 10.9. The Morgan fingerprint density at radius 3 is 2.77 bits per heavy atom. The quantitative estimate of drug-likeness (QED) is 0.315. The summed E-state index contributed by atoms with van der Waals surface area (Å²) in [5, 5.41) is 5.94. The molecule has 152 valence electrons. The van der Waals surface area contributed by atoms with Crippen LogP contribution in [0.15, 0.2) is 64.4 Å². The zero-order chi connectivity index (χ0) is 20.9. The lowest BCUT2D eigenvalue weighted by atomic mass is 10.1. The Morgan fingerprint density at radius 1 is 1.17 bits per heavy atom. The molecule has 0 bridgehead atoms. The van der Waals surface area contributed by atoms with Crippen molar-refractivity contribution < 1.29 is 9.18 Å². The molecule has 4 rings (SSSR count). The van der Waals surface area contributed by atoms with Gasteiger partial charge in [0.2, 0.25) is 5.91 Å². The summed E-state index contributed by atoms with van der Waals surface area (Å²) in [6.07, 6.45) is 2.11. The summed E-state index contributed by atoms with van der Waals surface area (Å²) >= 11 is 10.1. The molecule has 4 aromatic rings. The van der Waals surface area contributed by atoms with Crippen LogP contribution in [0.4, 0.5) is 9.52 Å². The first-order chi connectivity index (χ1) is 14.6. The van der Waals surface area contributed by atoms with Gasteiger partial charge in [0.25, 0.3) is 0 Å². The third-order valence-corrected chi connectivity index (χ3v) is 7.26. The van der Waals surface area contributed by atoms with E-state index in [1.807, 2.05) is 29.6 Å². The smallest absolute Gasteiger partial charge is 0.236 e. The van der Waals surface area contributed by atoms with Crippen molar-refractivity contribution in [2.24, 2.45) is 0 Å². The van der Waals surface area contributed by atoms with Crippen LogP contribution in [0.3, 0.4) is 0 Å². The van der Waals surface area contributed by atoms with E-state index in [0.717, 1.165) is 20.5 Å². The average Bonchev–Trinajstić information content (AvgIpc) is 3.38. The first-order valence-corrected chi connectivity index (χ1v) is 11.9. The van der Waals surface area contributed by atoms with Crippen LogP contribution in [0, 0.1) is 5.82 Å². The molecule has 0 atom stereocenters. The highest BCUT2D eigenvalue weighted by molar-refractivity contribution is 8.01. The summed E-state index contributed by atoms with van der Waals surface area (Å²) in [5.41, 5.74) is 2.45. The van der Waals surface area contributed by atoms with E-state index in [1.165, 1.54) is 40.5 Å². The van der Waals surface area contributed by atoms with Crippen molar-refractivity contribution in [3.8, 4) is 11.3 Å². The highest BCUT2D eigenvalue weighted by Gasteiger charge is 2.11. The number of benzene rings is 2. The van der Waals surface area contributed by atoms with Crippen LogP contribution in [-0.2, 0) is 11.2 Å². The number of thioether (sulfide) groups is 1. The number of hydrogen-bond donors (Lipinski definition) is 1. The highest BCUT2D eigenvalue weighted by atomic mass is 35.5. The van der Waals surface area contributed by atoms with Crippen molar-refractivity contribution in [3.63, 3.8) is 0 Å². The number of thiazole rings is 2. The number of carbonyl (C=O) groups excluding carboxylic acids is 1. The van der Waals surface area contributed by atoms with Gasteiger partial charge >= 0.3 is 0 Å². The first kappa shape index (κ1) is 21.0. The summed E-state index contributed by atoms with van der Waals surface area (Å²) in [6.45, 7) is 0. The van der Waals surface area contributed by atoms with Crippen molar-refractivity contribution in [1.82, 2.24) is 9.97 Å². The predicted octanol–water partition coefficient (Wildman–Crippen LogP) is 6.38. The molecule has 0 spiro atoms. The van der Waals surface area contributed by atoms with Crippen LogP contribution >= 0.6 is 46.0 Å². The minimum Gasteiger partial charge on any atom is -0.301 e. The van der Waals surface area contributed by atoms with Gasteiger partial charge in [0, 0.05) is 33.5 Å². The largest absolute Gasteiger partial charge is 0.301 e. The molecule has 1 amide bonds. The predicted molar refractivity (Wildman–Crippen MR) is 123 cm³/mol. The third-order valence-electron chi connectivity index (χ3n) is 4.07. The van der Waals surface area contributed by atoms with Gasteiger partial charge in [0.1, 0.15) is 5.82 Å². The molecule has 0 saturated carbocycles. The van der Waals surface area contributed by atoms with Crippen LogP contribution in [0.2, 0.25) is 5.02 Å². The standard InChI is InChI=1S/C21H15ClFN3OS3/c22-15-7-5-13(6-8-15)18-11-28-21(25-18)29-12-19(27)26-20-24-10-16(30-20)9-14-3-1-2-4-17(14)23/h1-8,10-11H,9,12H2,(H,24,26,27). The molecule has 0 unspecified atom stereocenters. The van der Waals surface area contributed by atoms with Crippen LogP contribution in [0.1, 0.15) is 10.4 Å². The molecular weight excluding hydrogens is 461 g/mol. The van der Waals surface area contributed by atoms with Crippen molar-refractivity contribution in [3.05, 3.63) is 81.4 Å². The van der Waals surface area contributed by atoms with Gasteiger partial charge in [-0.2, -0.15) is 0 Å². The van der Waals surface area contributed by atoms with Gasteiger partial charge in [-0.05, 0) is 23.8 Å². The number of halogens is 2. The molecule has 4 nitrogen and oxygen atoms in total. The summed E-state index contributed by atoms with van der Waals surface area (Å²) < 4.78 is 14.6. The summed E-state index contributed by atoms with van der Waals surface area (Å²) in [7, 11) is 0. The topological polar surface area (TPSA) is 54.9 Å². The average molecular weight is 476 g/mol. The lowest BCUT2D eigenvalue weighted by Crippen LogP contribution is -2.13. The number of rotatable bonds is 7. The van der Waals surface area contributed by atoms with E-state index in [9.17, 15) is 9.18 Å². The maximum absolute atomic E-state index is 13.8. The number of amides is 1. The summed E-state index contributed by atoms with van der Waals surface area (Å²) in [6, 6.07) is 14.1. The lowest BCUT2D eigenvalue weighted by molar-refractivity contribution is -0.113. The zero-order valence-electron chi connectivity index (χ0n) is 15.5. The van der Waals surface area contributed by atoms with E-state index in [-0.39, 0.29) is 17.5 Å². The fraction of sp³-hybridized carbons (Fsp3) is 0.0952. The fourth-order valence-corrected chi connectivity index (χ4v) is 5.25. The second-order valence-corrected chi connectivity index (χ2v) is 9.87. The minimum absolute atomic E-state index is 0.157. The molecule has 0 fully saturated rings. The van der Waals surface area contributed by atoms with Crippen molar-refractivity contribution in [1.29, 1.82) is 0 Å². The van der Waals surface area contributed by atoms with E-state index in [0.29, 0.717) is 22.1 Å². The monoisotopic (exact) mass is 475 g/mol. The highest BCUT2D eigenvalue weighted by Crippen LogP contribution is 2.29. The second kappa shape index (κ2) is 9.70. The number of carbonyl (C=O) groups is 1. The Kier molecular flexibility index (Phi) is 6.79. The first-order valence-electron chi connectivity index (χ1n) is 8.89. The second-order valence-electron chi connectivity index (χ2n) is 6.24.